The maximum Gasteiger partial charge on any atom is 0.434 e. The molecule has 9 heteroatoms. The molecule has 1 fully saturated rings. The number of hydrogen-bond acceptors (Lipinski definition) is 5. The molecule has 2 aromatic rings. The van der Waals surface area contributed by atoms with E-state index >= 15 is 0 Å². The molecule has 1 atom stereocenters. The van der Waals surface area contributed by atoms with Gasteiger partial charge in [0.25, 0.3) is 0 Å². The Hall–Kier alpha value is -2.63. The summed E-state index contributed by atoms with van der Waals surface area (Å²) in [6.07, 6.45) is 1.02. The zero-order valence-corrected chi connectivity index (χ0v) is 13.0. The lowest BCUT2D eigenvalue weighted by atomic mass is 9.97. The van der Waals surface area contributed by atoms with E-state index in [4.69, 9.17) is 5.26 Å². The molecule has 0 radical (unpaired) electrons. The van der Waals surface area contributed by atoms with E-state index in [-0.39, 0.29) is 11.6 Å². The van der Waals surface area contributed by atoms with Crippen LogP contribution in [-0.2, 0) is 13.2 Å². The molecule has 0 unspecified atom stereocenters. The SMILES string of the molecule is Cn1cc(C(F)(F)F)nc1[C@@H]1CCCN(c2nccnc2C#N)C1. The number of imidazole rings is 1. The summed E-state index contributed by atoms with van der Waals surface area (Å²) < 4.78 is 40.0. The van der Waals surface area contributed by atoms with E-state index in [0.717, 1.165) is 19.0 Å². The van der Waals surface area contributed by atoms with Crippen molar-refractivity contribution in [2.75, 3.05) is 18.0 Å². The average molecular weight is 336 g/mol. The van der Waals surface area contributed by atoms with Gasteiger partial charge in [-0.3, -0.25) is 0 Å². The minimum atomic E-state index is -4.46. The van der Waals surface area contributed by atoms with Crippen molar-refractivity contribution in [1.82, 2.24) is 19.5 Å². The second-order valence-corrected chi connectivity index (χ2v) is 5.72. The average Bonchev–Trinajstić information content (AvgIpc) is 2.97. The summed E-state index contributed by atoms with van der Waals surface area (Å²) in [5, 5.41) is 9.15. The molecule has 3 rings (SSSR count). The lowest BCUT2D eigenvalue weighted by molar-refractivity contribution is -0.141. The highest BCUT2D eigenvalue weighted by molar-refractivity contribution is 5.50. The molecular formula is C15H15F3N6. The maximum absolute atomic E-state index is 12.8. The Balaban J connectivity index is 1.87. The zero-order chi connectivity index (χ0) is 17.3. The molecular weight excluding hydrogens is 321 g/mol. The minimum Gasteiger partial charge on any atom is -0.353 e. The van der Waals surface area contributed by atoms with Crippen LogP contribution in [0.25, 0.3) is 0 Å². The van der Waals surface area contributed by atoms with Gasteiger partial charge in [0.05, 0.1) is 0 Å². The Morgan fingerprint density at radius 3 is 2.71 bits per heavy atom. The van der Waals surface area contributed by atoms with Crippen LogP contribution in [0.2, 0.25) is 0 Å². The van der Waals surface area contributed by atoms with Crippen LogP contribution >= 0.6 is 0 Å². The first-order chi connectivity index (χ1) is 11.4. The van der Waals surface area contributed by atoms with Crippen LogP contribution in [0.15, 0.2) is 18.6 Å². The van der Waals surface area contributed by atoms with Crippen LogP contribution in [0.1, 0.15) is 36.0 Å². The molecule has 24 heavy (non-hydrogen) atoms. The number of anilines is 1. The topological polar surface area (TPSA) is 70.6 Å². The number of aromatic nitrogens is 4. The third-order valence-electron chi connectivity index (χ3n) is 4.07. The van der Waals surface area contributed by atoms with Crippen molar-refractivity contribution < 1.29 is 13.2 Å². The van der Waals surface area contributed by atoms with Crippen molar-refractivity contribution in [2.45, 2.75) is 24.9 Å². The fourth-order valence-electron chi connectivity index (χ4n) is 3.02. The quantitative estimate of drug-likeness (QED) is 0.843. The Morgan fingerprint density at radius 2 is 2.04 bits per heavy atom. The molecule has 0 saturated carbocycles. The van der Waals surface area contributed by atoms with Gasteiger partial charge in [0.15, 0.2) is 17.2 Å². The summed E-state index contributed by atoms with van der Waals surface area (Å²) in [5.41, 5.74) is -0.664. The van der Waals surface area contributed by atoms with E-state index in [1.807, 2.05) is 11.0 Å². The van der Waals surface area contributed by atoms with Gasteiger partial charge in [-0.15, -0.1) is 0 Å². The Labute approximate surface area is 136 Å². The Kier molecular flexibility index (Phi) is 4.13. The van der Waals surface area contributed by atoms with Gasteiger partial charge in [-0.05, 0) is 12.8 Å². The molecule has 2 aromatic heterocycles. The third kappa shape index (κ3) is 3.04. The van der Waals surface area contributed by atoms with E-state index in [0.29, 0.717) is 24.7 Å². The highest BCUT2D eigenvalue weighted by atomic mass is 19.4. The predicted octanol–water partition coefficient (Wildman–Crippen LogP) is 2.48. The number of nitrogens with zero attached hydrogens (tertiary/aromatic N) is 6. The lowest BCUT2D eigenvalue weighted by Gasteiger charge is -2.33. The summed E-state index contributed by atoms with van der Waals surface area (Å²) in [7, 11) is 1.57. The van der Waals surface area contributed by atoms with Crippen LogP contribution in [0.5, 0.6) is 0 Å². The number of piperidine rings is 1. The van der Waals surface area contributed by atoms with E-state index in [9.17, 15) is 13.2 Å². The second-order valence-electron chi connectivity index (χ2n) is 5.72. The van der Waals surface area contributed by atoms with Gasteiger partial charge in [-0.1, -0.05) is 0 Å². The zero-order valence-electron chi connectivity index (χ0n) is 13.0. The Bertz CT molecular complexity index is 776. The first-order valence-corrected chi connectivity index (χ1v) is 7.46. The van der Waals surface area contributed by atoms with Crippen molar-refractivity contribution in [3.8, 4) is 6.07 Å². The van der Waals surface area contributed by atoms with Gasteiger partial charge in [-0.2, -0.15) is 18.4 Å². The van der Waals surface area contributed by atoms with Gasteiger partial charge in [0.1, 0.15) is 11.9 Å². The number of rotatable bonds is 2. The molecule has 0 aromatic carbocycles. The van der Waals surface area contributed by atoms with Crippen LogP contribution in [0.3, 0.4) is 0 Å². The summed E-state index contributed by atoms with van der Waals surface area (Å²) in [6.45, 7) is 1.13. The van der Waals surface area contributed by atoms with Crippen molar-refractivity contribution in [3.63, 3.8) is 0 Å². The standard InChI is InChI=1S/C15H15F3N6/c1-23-9-12(15(16,17)18)22-13(23)10-3-2-6-24(8-10)14-11(7-19)20-4-5-21-14/h4-5,9-10H,2-3,6,8H2,1H3/t10-/m1/s1. The summed E-state index contributed by atoms with van der Waals surface area (Å²) >= 11 is 0. The van der Waals surface area contributed by atoms with Crippen molar-refractivity contribution in [2.24, 2.45) is 7.05 Å². The molecule has 0 amide bonds. The van der Waals surface area contributed by atoms with Gasteiger partial charge in [0.2, 0.25) is 0 Å². The highest BCUT2D eigenvalue weighted by Crippen LogP contribution is 2.33. The second kappa shape index (κ2) is 6.11. The number of halogens is 3. The van der Waals surface area contributed by atoms with Crippen molar-refractivity contribution in [3.05, 3.63) is 35.8 Å². The largest absolute Gasteiger partial charge is 0.434 e. The maximum atomic E-state index is 12.8. The fourth-order valence-corrected chi connectivity index (χ4v) is 3.02. The van der Waals surface area contributed by atoms with Crippen LogP contribution < -0.4 is 4.90 Å². The summed E-state index contributed by atoms with van der Waals surface area (Å²) in [4.78, 5) is 13.9. The molecule has 0 spiro atoms. The lowest BCUT2D eigenvalue weighted by Crippen LogP contribution is -2.36. The molecule has 6 nitrogen and oxygen atoms in total. The van der Waals surface area contributed by atoms with E-state index in [1.54, 1.807) is 7.05 Å². The fraction of sp³-hybridized carbons (Fsp3) is 0.467. The number of aryl methyl sites for hydroxylation is 1. The number of nitriles is 1. The molecule has 1 aliphatic heterocycles. The number of hydrogen-bond donors (Lipinski definition) is 0. The van der Waals surface area contributed by atoms with Crippen LogP contribution in [0.4, 0.5) is 19.0 Å². The van der Waals surface area contributed by atoms with E-state index < -0.39 is 11.9 Å². The summed E-state index contributed by atoms with van der Waals surface area (Å²) in [6, 6.07) is 2.00. The van der Waals surface area contributed by atoms with Crippen molar-refractivity contribution >= 4 is 5.82 Å². The first kappa shape index (κ1) is 16.2. The normalized spacial score (nSPS) is 18.5. The Morgan fingerprint density at radius 1 is 1.29 bits per heavy atom. The van der Waals surface area contributed by atoms with E-state index in [2.05, 4.69) is 15.0 Å². The number of alkyl halides is 3. The van der Waals surface area contributed by atoms with E-state index in [1.165, 1.54) is 17.0 Å². The van der Waals surface area contributed by atoms with Crippen molar-refractivity contribution in [1.29, 1.82) is 5.26 Å². The third-order valence-corrected chi connectivity index (χ3v) is 4.07. The molecule has 0 N–H and O–H groups in total. The first-order valence-electron chi connectivity index (χ1n) is 7.46. The molecule has 0 bridgehead atoms. The highest BCUT2D eigenvalue weighted by Gasteiger charge is 2.36. The molecule has 1 saturated heterocycles. The van der Waals surface area contributed by atoms with Gasteiger partial charge in [0, 0.05) is 44.6 Å². The summed E-state index contributed by atoms with van der Waals surface area (Å²) in [5.74, 6) is 0.706. The smallest absolute Gasteiger partial charge is 0.353 e. The molecule has 3 heterocycles. The minimum absolute atomic E-state index is 0.159. The van der Waals surface area contributed by atoms with Gasteiger partial charge in [-0.25, -0.2) is 15.0 Å². The van der Waals surface area contributed by atoms with Crippen LogP contribution in [-0.4, -0.2) is 32.6 Å². The van der Waals surface area contributed by atoms with Gasteiger partial charge < -0.3 is 9.47 Å². The molecule has 0 aliphatic carbocycles. The monoisotopic (exact) mass is 336 g/mol. The predicted molar refractivity (Wildman–Crippen MR) is 79.1 cm³/mol. The molecule has 1 aliphatic rings. The molecule has 126 valence electrons. The van der Waals surface area contributed by atoms with Gasteiger partial charge >= 0.3 is 6.18 Å². The van der Waals surface area contributed by atoms with Crippen LogP contribution in [0, 0.1) is 11.3 Å².